The standard InChI is InChI=1S/C14H21FN2O/c1-3-7-11(10-16)14(18)17(4-2)13-9-6-5-8-12(13)15/h5-6,8-9,11H,3-4,7,10,16H2,1-2H3. The Hall–Kier alpha value is -1.42. The number of nitrogens with zero attached hydrogens (tertiary/aromatic N) is 1. The van der Waals surface area contributed by atoms with Crippen molar-refractivity contribution < 1.29 is 9.18 Å². The largest absolute Gasteiger partial charge is 0.330 e. The number of carbonyl (C=O) groups excluding carboxylic acids is 1. The molecule has 0 saturated carbocycles. The molecule has 1 unspecified atom stereocenters. The zero-order valence-corrected chi connectivity index (χ0v) is 11.0. The zero-order valence-electron chi connectivity index (χ0n) is 11.0. The summed E-state index contributed by atoms with van der Waals surface area (Å²) in [6.07, 6.45) is 1.63. The van der Waals surface area contributed by atoms with Crippen LogP contribution in [0.4, 0.5) is 10.1 Å². The first-order valence-electron chi connectivity index (χ1n) is 6.41. The topological polar surface area (TPSA) is 46.3 Å². The second kappa shape index (κ2) is 7.11. The lowest BCUT2D eigenvalue weighted by Gasteiger charge is -2.26. The molecule has 0 heterocycles. The van der Waals surface area contributed by atoms with Crippen LogP contribution in [0.25, 0.3) is 0 Å². The van der Waals surface area contributed by atoms with E-state index >= 15 is 0 Å². The SMILES string of the molecule is CCCC(CN)C(=O)N(CC)c1ccccc1F. The van der Waals surface area contributed by atoms with Gasteiger partial charge in [0.15, 0.2) is 0 Å². The number of anilines is 1. The van der Waals surface area contributed by atoms with Crippen LogP contribution in [0.2, 0.25) is 0 Å². The van der Waals surface area contributed by atoms with Crippen LogP contribution in [0.5, 0.6) is 0 Å². The van der Waals surface area contributed by atoms with Crippen LogP contribution in [0.15, 0.2) is 24.3 Å². The molecule has 18 heavy (non-hydrogen) atoms. The summed E-state index contributed by atoms with van der Waals surface area (Å²) in [4.78, 5) is 13.8. The molecule has 0 fully saturated rings. The van der Waals surface area contributed by atoms with E-state index < -0.39 is 0 Å². The van der Waals surface area contributed by atoms with Gasteiger partial charge >= 0.3 is 0 Å². The van der Waals surface area contributed by atoms with Gasteiger partial charge in [-0.1, -0.05) is 25.5 Å². The number of hydrogen-bond acceptors (Lipinski definition) is 2. The molecular formula is C14H21FN2O. The second-order valence-corrected chi connectivity index (χ2v) is 4.26. The maximum Gasteiger partial charge on any atom is 0.231 e. The quantitative estimate of drug-likeness (QED) is 0.845. The minimum atomic E-state index is -0.375. The minimum Gasteiger partial charge on any atom is -0.330 e. The fraction of sp³-hybridized carbons (Fsp3) is 0.500. The highest BCUT2D eigenvalue weighted by Crippen LogP contribution is 2.21. The van der Waals surface area contributed by atoms with Crippen LogP contribution in [0, 0.1) is 11.7 Å². The van der Waals surface area contributed by atoms with Crippen molar-refractivity contribution in [2.75, 3.05) is 18.0 Å². The summed E-state index contributed by atoms with van der Waals surface area (Å²) < 4.78 is 13.7. The Kier molecular flexibility index (Phi) is 5.78. The van der Waals surface area contributed by atoms with Crippen molar-refractivity contribution in [1.82, 2.24) is 0 Å². The summed E-state index contributed by atoms with van der Waals surface area (Å²) in [6, 6.07) is 6.33. The molecule has 0 bridgehead atoms. The van der Waals surface area contributed by atoms with Gasteiger partial charge < -0.3 is 10.6 Å². The van der Waals surface area contributed by atoms with E-state index in [4.69, 9.17) is 5.73 Å². The molecular weight excluding hydrogens is 231 g/mol. The maximum atomic E-state index is 13.7. The molecule has 1 atom stereocenters. The molecule has 0 aliphatic heterocycles. The second-order valence-electron chi connectivity index (χ2n) is 4.26. The van der Waals surface area contributed by atoms with Gasteiger partial charge in [0.05, 0.1) is 11.6 Å². The van der Waals surface area contributed by atoms with Crippen LogP contribution in [-0.4, -0.2) is 19.0 Å². The molecule has 1 aromatic carbocycles. The molecule has 0 aliphatic rings. The smallest absolute Gasteiger partial charge is 0.231 e. The first-order chi connectivity index (χ1) is 8.65. The van der Waals surface area contributed by atoms with E-state index in [9.17, 15) is 9.18 Å². The lowest BCUT2D eigenvalue weighted by atomic mass is 10.0. The molecule has 4 heteroatoms. The Morgan fingerprint density at radius 2 is 2.06 bits per heavy atom. The molecule has 0 saturated heterocycles. The van der Waals surface area contributed by atoms with Gasteiger partial charge in [0.2, 0.25) is 5.91 Å². The monoisotopic (exact) mass is 252 g/mol. The van der Waals surface area contributed by atoms with Gasteiger partial charge in [0, 0.05) is 13.1 Å². The lowest BCUT2D eigenvalue weighted by Crippen LogP contribution is -2.39. The fourth-order valence-electron chi connectivity index (χ4n) is 2.03. The minimum absolute atomic E-state index is 0.0908. The highest BCUT2D eigenvalue weighted by molar-refractivity contribution is 5.95. The van der Waals surface area contributed by atoms with Gasteiger partial charge in [-0.3, -0.25) is 4.79 Å². The summed E-state index contributed by atoms with van der Waals surface area (Å²) in [7, 11) is 0. The van der Waals surface area contributed by atoms with Gasteiger partial charge in [0.1, 0.15) is 5.82 Å². The number of amides is 1. The number of halogens is 1. The van der Waals surface area contributed by atoms with Crippen LogP contribution >= 0.6 is 0 Å². The van der Waals surface area contributed by atoms with Crippen LogP contribution < -0.4 is 10.6 Å². The van der Waals surface area contributed by atoms with E-state index in [0.717, 1.165) is 12.8 Å². The highest BCUT2D eigenvalue weighted by Gasteiger charge is 2.24. The third kappa shape index (κ3) is 3.29. The van der Waals surface area contributed by atoms with Gasteiger partial charge in [-0.05, 0) is 25.5 Å². The summed E-state index contributed by atoms with van der Waals surface area (Å²) in [6.45, 7) is 4.59. The Bertz CT molecular complexity index is 395. The van der Waals surface area contributed by atoms with Gasteiger partial charge in [-0.25, -0.2) is 4.39 Å². The van der Waals surface area contributed by atoms with Gasteiger partial charge in [0.25, 0.3) is 0 Å². The van der Waals surface area contributed by atoms with Gasteiger partial charge in [-0.2, -0.15) is 0 Å². The predicted octanol–water partition coefficient (Wildman–Crippen LogP) is 2.55. The summed E-state index contributed by atoms with van der Waals surface area (Å²) in [5, 5.41) is 0. The first kappa shape index (κ1) is 14.6. The highest BCUT2D eigenvalue weighted by atomic mass is 19.1. The van der Waals surface area contributed by atoms with Crippen molar-refractivity contribution in [3.05, 3.63) is 30.1 Å². The Morgan fingerprint density at radius 1 is 1.39 bits per heavy atom. The molecule has 0 radical (unpaired) electrons. The summed E-state index contributed by atoms with van der Waals surface area (Å²) in [5.74, 6) is -0.693. The Labute approximate surface area is 108 Å². The lowest BCUT2D eigenvalue weighted by molar-refractivity contribution is -0.122. The Balaban J connectivity index is 2.96. The Morgan fingerprint density at radius 3 is 2.56 bits per heavy atom. The summed E-state index contributed by atoms with van der Waals surface area (Å²) >= 11 is 0. The third-order valence-electron chi connectivity index (χ3n) is 3.00. The van der Waals surface area contributed by atoms with Crippen molar-refractivity contribution in [2.24, 2.45) is 11.7 Å². The zero-order chi connectivity index (χ0) is 13.5. The van der Waals surface area contributed by atoms with Crippen molar-refractivity contribution in [3.8, 4) is 0 Å². The van der Waals surface area contributed by atoms with E-state index in [2.05, 4.69) is 0 Å². The average molecular weight is 252 g/mol. The van der Waals surface area contributed by atoms with Crippen molar-refractivity contribution in [1.29, 1.82) is 0 Å². The number of carbonyl (C=O) groups is 1. The summed E-state index contributed by atoms with van der Waals surface area (Å²) in [5.41, 5.74) is 5.96. The van der Waals surface area contributed by atoms with Crippen molar-refractivity contribution in [3.63, 3.8) is 0 Å². The van der Waals surface area contributed by atoms with Crippen molar-refractivity contribution in [2.45, 2.75) is 26.7 Å². The van der Waals surface area contributed by atoms with E-state index in [1.807, 2.05) is 13.8 Å². The third-order valence-corrected chi connectivity index (χ3v) is 3.00. The van der Waals surface area contributed by atoms with Crippen LogP contribution in [0.1, 0.15) is 26.7 Å². The molecule has 0 aliphatic carbocycles. The fourth-order valence-corrected chi connectivity index (χ4v) is 2.03. The van der Waals surface area contributed by atoms with E-state index in [1.165, 1.54) is 11.0 Å². The molecule has 1 rings (SSSR count). The molecule has 100 valence electrons. The molecule has 1 amide bonds. The van der Waals surface area contributed by atoms with E-state index in [-0.39, 0.29) is 17.6 Å². The molecule has 2 N–H and O–H groups in total. The predicted molar refractivity (Wildman–Crippen MR) is 71.9 cm³/mol. The molecule has 3 nitrogen and oxygen atoms in total. The molecule has 0 spiro atoms. The number of nitrogens with two attached hydrogens (primary N) is 1. The number of hydrogen-bond donors (Lipinski definition) is 1. The normalized spacial score (nSPS) is 12.2. The van der Waals surface area contributed by atoms with Crippen LogP contribution in [-0.2, 0) is 4.79 Å². The van der Waals surface area contributed by atoms with E-state index in [1.54, 1.807) is 18.2 Å². The number of para-hydroxylation sites is 1. The number of benzene rings is 1. The molecule has 1 aromatic rings. The molecule has 0 aromatic heterocycles. The average Bonchev–Trinajstić information content (AvgIpc) is 2.38. The first-order valence-corrected chi connectivity index (χ1v) is 6.41. The number of rotatable bonds is 6. The van der Waals surface area contributed by atoms with Crippen LogP contribution in [0.3, 0.4) is 0 Å². The van der Waals surface area contributed by atoms with E-state index in [0.29, 0.717) is 18.8 Å². The van der Waals surface area contributed by atoms with Crippen molar-refractivity contribution >= 4 is 11.6 Å². The van der Waals surface area contributed by atoms with Gasteiger partial charge in [-0.15, -0.1) is 0 Å². The maximum absolute atomic E-state index is 13.7.